The molecule has 0 radical (unpaired) electrons. The standard InChI is InChI=1S/C14H17ClN2O4/c1-10(2)16-5-6-20-12(8-16)9-21-14-4-3-11(15)7-13(14)17(18)19/h3-4,7,9-10H,5-6,8H2,1-2H3. The van der Waals surface area contributed by atoms with Crippen molar-refractivity contribution in [1.29, 1.82) is 0 Å². The molecule has 1 fully saturated rings. The van der Waals surface area contributed by atoms with E-state index in [-0.39, 0.29) is 11.4 Å². The van der Waals surface area contributed by atoms with Gasteiger partial charge in [0.2, 0.25) is 5.75 Å². The highest BCUT2D eigenvalue weighted by Crippen LogP contribution is 2.30. The highest BCUT2D eigenvalue weighted by molar-refractivity contribution is 6.30. The molecule has 1 aromatic rings. The third-order valence-corrected chi connectivity index (χ3v) is 3.43. The fourth-order valence-corrected chi connectivity index (χ4v) is 2.16. The van der Waals surface area contributed by atoms with Gasteiger partial charge in [-0.2, -0.15) is 0 Å². The van der Waals surface area contributed by atoms with Crippen molar-refractivity contribution in [2.45, 2.75) is 19.9 Å². The van der Waals surface area contributed by atoms with E-state index in [1.165, 1.54) is 18.4 Å². The molecular weight excluding hydrogens is 296 g/mol. The van der Waals surface area contributed by atoms with Crippen molar-refractivity contribution in [3.05, 3.63) is 45.4 Å². The number of ether oxygens (including phenoxy) is 2. The Balaban J connectivity index is 2.12. The smallest absolute Gasteiger partial charge is 0.313 e. The molecule has 1 aromatic carbocycles. The second-order valence-electron chi connectivity index (χ2n) is 4.98. The van der Waals surface area contributed by atoms with Crippen molar-refractivity contribution in [3.63, 3.8) is 0 Å². The SMILES string of the molecule is CC(C)N1CCOC(=COc2ccc(Cl)cc2[N+](=O)[O-])C1. The number of morpholine rings is 1. The van der Waals surface area contributed by atoms with Crippen molar-refractivity contribution in [2.24, 2.45) is 0 Å². The Kier molecular flexibility index (Phi) is 5.03. The van der Waals surface area contributed by atoms with Crippen LogP contribution in [-0.2, 0) is 4.74 Å². The van der Waals surface area contributed by atoms with E-state index in [1.54, 1.807) is 6.07 Å². The molecule has 0 N–H and O–H groups in total. The molecule has 21 heavy (non-hydrogen) atoms. The van der Waals surface area contributed by atoms with Gasteiger partial charge in [-0.05, 0) is 26.0 Å². The zero-order valence-corrected chi connectivity index (χ0v) is 12.7. The molecule has 1 saturated heterocycles. The predicted molar refractivity (Wildman–Crippen MR) is 79.5 cm³/mol. The highest BCUT2D eigenvalue weighted by Gasteiger charge is 2.19. The minimum Gasteiger partial charge on any atom is -0.492 e. The van der Waals surface area contributed by atoms with E-state index >= 15 is 0 Å². The summed E-state index contributed by atoms with van der Waals surface area (Å²) < 4.78 is 10.9. The lowest BCUT2D eigenvalue weighted by Crippen LogP contribution is -2.39. The summed E-state index contributed by atoms with van der Waals surface area (Å²) >= 11 is 5.76. The van der Waals surface area contributed by atoms with Crippen LogP contribution in [0.15, 0.2) is 30.2 Å². The van der Waals surface area contributed by atoms with Crippen molar-refractivity contribution in [1.82, 2.24) is 4.90 Å². The van der Waals surface area contributed by atoms with Gasteiger partial charge in [-0.3, -0.25) is 15.0 Å². The largest absolute Gasteiger partial charge is 0.492 e. The van der Waals surface area contributed by atoms with Crippen molar-refractivity contribution in [2.75, 3.05) is 19.7 Å². The molecule has 1 aliphatic rings. The second-order valence-corrected chi connectivity index (χ2v) is 5.42. The topological polar surface area (TPSA) is 64.8 Å². The molecule has 0 unspecified atom stereocenters. The van der Waals surface area contributed by atoms with Crippen LogP contribution in [0.3, 0.4) is 0 Å². The van der Waals surface area contributed by atoms with E-state index in [0.717, 1.165) is 6.54 Å². The lowest BCUT2D eigenvalue weighted by molar-refractivity contribution is -0.385. The summed E-state index contributed by atoms with van der Waals surface area (Å²) in [5, 5.41) is 11.3. The van der Waals surface area contributed by atoms with Gasteiger partial charge < -0.3 is 9.47 Å². The lowest BCUT2D eigenvalue weighted by Gasteiger charge is -2.31. The molecule has 2 rings (SSSR count). The van der Waals surface area contributed by atoms with Gasteiger partial charge in [-0.1, -0.05) is 11.6 Å². The van der Waals surface area contributed by atoms with Gasteiger partial charge in [0.25, 0.3) is 0 Å². The number of nitrogens with zero attached hydrogens (tertiary/aromatic N) is 2. The maximum Gasteiger partial charge on any atom is 0.313 e. The molecule has 0 saturated carbocycles. The van der Waals surface area contributed by atoms with Gasteiger partial charge in [0.05, 0.1) is 11.5 Å². The molecule has 0 amide bonds. The number of hydrogen-bond donors (Lipinski definition) is 0. The highest BCUT2D eigenvalue weighted by atomic mass is 35.5. The van der Waals surface area contributed by atoms with E-state index in [1.807, 2.05) is 0 Å². The first-order valence-corrected chi connectivity index (χ1v) is 7.01. The Morgan fingerprint density at radius 1 is 1.52 bits per heavy atom. The van der Waals surface area contributed by atoms with Crippen LogP contribution in [0.25, 0.3) is 0 Å². The Hall–Kier alpha value is -1.79. The summed E-state index contributed by atoms with van der Waals surface area (Å²) in [7, 11) is 0. The molecule has 6 nitrogen and oxygen atoms in total. The van der Waals surface area contributed by atoms with E-state index in [2.05, 4.69) is 18.7 Å². The van der Waals surface area contributed by atoms with Crippen LogP contribution < -0.4 is 4.74 Å². The summed E-state index contributed by atoms with van der Waals surface area (Å²) in [6.07, 6.45) is 1.42. The van der Waals surface area contributed by atoms with Crippen LogP contribution in [0, 0.1) is 10.1 Å². The first-order valence-electron chi connectivity index (χ1n) is 6.64. The molecule has 0 aromatic heterocycles. The summed E-state index contributed by atoms with van der Waals surface area (Å²) in [6, 6.07) is 4.69. The first-order chi connectivity index (χ1) is 9.97. The predicted octanol–water partition coefficient (Wildman–Crippen LogP) is 3.21. The van der Waals surface area contributed by atoms with Gasteiger partial charge in [-0.15, -0.1) is 0 Å². The Bertz CT molecular complexity index is 560. The normalized spacial score (nSPS) is 17.8. The van der Waals surface area contributed by atoms with Gasteiger partial charge >= 0.3 is 5.69 Å². The zero-order valence-electron chi connectivity index (χ0n) is 11.9. The monoisotopic (exact) mass is 312 g/mol. The molecule has 1 aliphatic heterocycles. The minimum atomic E-state index is -0.526. The lowest BCUT2D eigenvalue weighted by atomic mass is 10.3. The number of hydrogen-bond acceptors (Lipinski definition) is 5. The molecular formula is C14H17ClN2O4. The Labute approximate surface area is 128 Å². The number of halogens is 1. The third kappa shape index (κ3) is 4.09. The maximum atomic E-state index is 11.0. The molecule has 0 aliphatic carbocycles. The van der Waals surface area contributed by atoms with Crippen LogP contribution in [0.1, 0.15) is 13.8 Å². The zero-order chi connectivity index (χ0) is 15.4. The molecule has 7 heteroatoms. The number of benzene rings is 1. The van der Waals surface area contributed by atoms with Crippen molar-refractivity contribution >= 4 is 17.3 Å². The molecule has 1 heterocycles. The number of nitro groups is 1. The van der Waals surface area contributed by atoms with Gasteiger partial charge in [-0.25, -0.2) is 0 Å². The summed E-state index contributed by atoms with van der Waals surface area (Å²) in [5.74, 6) is 0.793. The summed E-state index contributed by atoms with van der Waals surface area (Å²) in [6.45, 7) is 6.27. The van der Waals surface area contributed by atoms with Gasteiger partial charge in [0, 0.05) is 23.7 Å². The second kappa shape index (κ2) is 6.78. The van der Waals surface area contributed by atoms with E-state index in [4.69, 9.17) is 21.1 Å². The van der Waals surface area contributed by atoms with Crippen LogP contribution in [0.4, 0.5) is 5.69 Å². The summed E-state index contributed by atoms with van der Waals surface area (Å²) in [4.78, 5) is 12.7. The van der Waals surface area contributed by atoms with Gasteiger partial charge in [0.1, 0.15) is 18.6 Å². The van der Waals surface area contributed by atoms with Crippen molar-refractivity contribution < 1.29 is 14.4 Å². The van der Waals surface area contributed by atoms with E-state index in [0.29, 0.717) is 30.0 Å². The quantitative estimate of drug-likeness (QED) is 0.485. The van der Waals surface area contributed by atoms with Crippen LogP contribution in [0.5, 0.6) is 5.75 Å². The Morgan fingerprint density at radius 2 is 2.29 bits per heavy atom. The first kappa shape index (κ1) is 15.6. The van der Waals surface area contributed by atoms with Crippen LogP contribution in [0.2, 0.25) is 5.02 Å². The summed E-state index contributed by atoms with van der Waals surface area (Å²) in [5.41, 5.74) is -0.170. The molecule has 0 bridgehead atoms. The third-order valence-electron chi connectivity index (χ3n) is 3.19. The van der Waals surface area contributed by atoms with E-state index in [9.17, 15) is 10.1 Å². The van der Waals surface area contributed by atoms with Crippen molar-refractivity contribution in [3.8, 4) is 5.75 Å². The van der Waals surface area contributed by atoms with Crippen LogP contribution in [-0.4, -0.2) is 35.6 Å². The maximum absolute atomic E-state index is 11.0. The minimum absolute atomic E-state index is 0.141. The fraction of sp³-hybridized carbons (Fsp3) is 0.429. The Morgan fingerprint density at radius 3 is 2.95 bits per heavy atom. The average molecular weight is 313 g/mol. The number of rotatable bonds is 4. The number of nitro benzene ring substituents is 1. The molecule has 0 atom stereocenters. The van der Waals surface area contributed by atoms with Crippen LogP contribution >= 0.6 is 11.6 Å². The fourth-order valence-electron chi connectivity index (χ4n) is 1.99. The average Bonchev–Trinajstić information content (AvgIpc) is 2.46. The van der Waals surface area contributed by atoms with E-state index < -0.39 is 4.92 Å². The van der Waals surface area contributed by atoms with Gasteiger partial charge in [0.15, 0.2) is 0 Å². The molecule has 114 valence electrons. The molecule has 0 spiro atoms.